The number of nitro groups is 1. The minimum absolute atomic E-state index is 0.241. The van der Waals surface area contributed by atoms with Crippen molar-refractivity contribution in [2.45, 2.75) is 19.8 Å². The summed E-state index contributed by atoms with van der Waals surface area (Å²) >= 11 is 0. The SMILES string of the molecule is CCCc1[nH]nc(C(=O)Nc2ccc(Nc3ccccc3)nc2)c1[N+](=O)[O-]. The molecule has 0 fully saturated rings. The number of H-pyrrole nitrogens is 1. The van der Waals surface area contributed by atoms with Crippen molar-refractivity contribution in [3.8, 4) is 0 Å². The second-order valence-electron chi connectivity index (χ2n) is 5.78. The number of aromatic nitrogens is 3. The summed E-state index contributed by atoms with van der Waals surface area (Å²) in [5.41, 5.74) is 1.11. The molecule has 0 radical (unpaired) electrons. The van der Waals surface area contributed by atoms with Gasteiger partial charge in [0.2, 0.25) is 5.69 Å². The van der Waals surface area contributed by atoms with Crippen LogP contribution in [-0.2, 0) is 6.42 Å². The summed E-state index contributed by atoms with van der Waals surface area (Å²) in [7, 11) is 0. The first-order chi connectivity index (χ1) is 13.1. The van der Waals surface area contributed by atoms with Gasteiger partial charge in [-0.1, -0.05) is 31.5 Å². The third-order valence-electron chi connectivity index (χ3n) is 3.78. The summed E-state index contributed by atoms with van der Waals surface area (Å²) in [5.74, 6) is -0.0546. The quantitative estimate of drug-likeness (QED) is 0.433. The Balaban J connectivity index is 1.72. The Morgan fingerprint density at radius 1 is 1.19 bits per heavy atom. The number of hydrogen-bond donors (Lipinski definition) is 3. The van der Waals surface area contributed by atoms with Gasteiger partial charge in [0, 0.05) is 5.69 Å². The number of carbonyl (C=O) groups excluding carboxylic acids is 1. The fourth-order valence-corrected chi connectivity index (χ4v) is 2.55. The maximum Gasteiger partial charge on any atom is 0.322 e. The molecule has 138 valence electrons. The minimum Gasteiger partial charge on any atom is -0.340 e. The Kier molecular flexibility index (Phi) is 5.41. The second kappa shape index (κ2) is 8.09. The number of para-hydroxylation sites is 1. The first-order valence-electron chi connectivity index (χ1n) is 8.39. The van der Waals surface area contributed by atoms with Crippen LogP contribution < -0.4 is 10.6 Å². The van der Waals surface area contributed by atoms with E-state index in [1.807, 2.05) is 37.3 Å². The maximum absolute atomic E-state index is 12.4. The summed E-state index contributed by atoms with van der Waals surface area (Å²) in [6, 6.07) is 12.9. The molecule has 1 aromatic carbocycles. The number of benzene rings is 1. The zero-order valence-corrected chi connectivity index (χ0v) is 14.6. The monoisotopic (exact) mass is 366 g/mol. The standard InChI is InChI=1S/C18H18N6O3/c1-2-6-14-17(24(26)27)16(23-22-14)18(25)21-13-9-10-15(19-11-13)20-12-7-4-3-5-8-12/h3-5,7-11H,2,6H2,1H3,(H,19,20)(H,21,25)(H,22,23). The number of anilines is 3. The molecule has 3 aromatic rings. The van der Waals surface area contributed by atoms with Crippen molar-refractivity contribution in [3.05, 3.63) is 70.2 Å². The van der Waals surface area contributed by atoms with Gasteiger partial charge in [0.25, 0.3) is 5.91 Å². The lowest BCUT2D eigenvalue weighted by molar-refractivity contribution is -0.385. The van der Waals surface area contributed by atoms with E-state index in [9.17, 15) is 14.9 Å². The number of hydrogen-bond acceptors (Lipinski definition) is 6. The average molecular weight is 366 g/mol. The summed E-state index contributed by atoms with van der Waals surface area (Å²) in [6.07, 6.45) is 2.61. The molecule has 3 N–H and O–H groups in total. The molecule has 9 heteroatoms. The van der Waals surface area contributed by atoms with E-state index in [4.69, 9.17) is 0 Å². The van der Waals surface area contributed by atoms with Crippen molar-refractivity contribution in [3.63, 3.8) is 0 Å². The Bertz CT molecular complexity index is 937. The molecule has 2 aromatic heterocycles. The highest BCUT2D eigenvalue weighted by Crippen LogP contribution is 2.23. The summed E-state index contributed by atoms with van der Waals surface area (Å²) in [4.78, 5) is 27.3. The highest BCUT2D eigenvalue weighted by atomic mass is 16.6. The Hall–Kier alpha value is -3.75. The van der Waals surface area contributed by atoms with E-state index in [0.717, 1.165) is 5.69 Å². The molecule has 2 heterocycles. The van der Waals surface area contributed by atoms with Crippen LogP contribution in [0.2, 0.25) is 0 Å². The van der Waals surface area contributed by atoms with Crippen molar-refractivity contribution in [2.75, 3.05) is 10.6 Å². The zero-order chi connectivity index (χ0) is 19.2. The van der Waals surface area contributed by atoms with Gasteiger partial charge >= 0.3 is 5.69 Å². The van der Waals surface area contributed by atoms with E-state index in [0.29, 0.717) is 30.0 Å². The Labute approximate surface area is 155 Å². The number of carbonyl (C=O) groups is 1. The topological polar surface area (TPSA) is 126 Å². The van der Waals surface area contributed by atoms with Crippen LogP contribution >= 0.6 is 0 Å². The fourth-order valence-electron chi connectivity index (χ4n) is 2.55. The molecule has 27 heavy (non-hydrogen) atoms. The van der Waals surface area contributed by atoms with Gasteiger partial charge in [-0.3, -0.25) is 20.0 Å². The zero-order valence-electron chi connectivity index (χ0n) is 14.6. The normalized spacial score (nSPS) is 10.4. The van der Waals surface area contributed by atoms with Crippen molar-refractivity contribution >= 4 is 28.8 Å². The number of nitrogens with one attached hydrogen (secondary N) is 3. The van der Waals surface area contributed by atoms with Crippen LogP contribution in [0, 0.1) is 10.1 Å². The highest BCUT2D eigenvalue weighted by Gasteiger charge is 2.28. The summed E-state index contributed by atoms with van der Waals surface area (Å²) < 4.78 is 0. The van der Waals surface area contributed by atoms with E-state index >= 15 is 0 Å². The van der Waals surface area contributed by atoms with E-state index in [-0.39, 0.29) is 11.4 Å². The molecular formula is C18H18N6O3. The predicted molar refractivity (Wildman–Crippen MR) is 101 cm³/mol. The molecular weight excluding hydrogens is 348 g/mol. The summed E-state index contributed by atoms with van der Waals surface area (Å²) in [6.45, 7) is 1.89. The molecule has 0 unspecified atom stereocenters. The van der Waals surface area contributed by atoms with E-state index in [1.165, 1.54) is 6.20 Å². The molecule has 0 aliphatic rings. The van der Waals surface area contributed by atoms with Crippen LogP contribution in [0.4, 0.5) is 22.9 Å². The van der Waals surface area contributed by atoms with Gasteiger partial charge < -0.3 is 10.6 Å². The molecule has 0 saturated carbocycles. The van der Waals surface area contributed by atoms with Crippen LogP contribution in [0.25, 0.3) is 0 Å². The molecule has 0 bridgehead atoms. The van der Waals surface area contributed by atoms with Crippen molar-refractivity contribution in [1.29, 1.82) is 0 Å². The molecule has 0 atom stereocenters. The summed E-state index contributed by atoms with van der Waals surface area (Å²) in [5, 5.41) is 23.4. The largest absolute Gasteiger partial charge is 0.340 e. The minimum atomic E-state index is -0.661. The van der Waals surface area contributed by atoms with E-state index in [2.05, 4.69) is 25.8 Å². The van der Waals surface area contributed by atoms with Crippen molar-refractivity contribution in [2.24, 2.45) is 0 Å². The maximum atomic E-state index is 12.4. The Morgan fingerprint density at radius 3 is 2.59 bits per heavy atom. The predicted octanol–water partition coefficient (Wildman–Crippen LogP) is 3.66. The first-order valence-corrected chi connectivity index (χ1v) is 8.39. The van der Waals surface area contributed by atoms with Crippen LogP contribution in [0.3, 0.4) is 0 Å². The second-order valence-corrected chi connectivity index (χ2v) is 5.78. The lowest BCUT2D eigenvalue weighted by atomic mass is 10.2. The van der Waals surface area contributed by atoms with Gasteiger partial charge in [-0.05, 0) is 30.7 Å². The molecule has 9 nitrogen and oxygen atoms in total. The average Bonchev–Trinajstić information content (AvgIpc) is 3.09. The highest BCUT2D eigenvalue weighted by molar-refractivity contribution is 6.05. The molecule has 0 aliphatic heterocycles. The van der Waals surface area contributed by atoms with Gasteiger partial charge in [-0.15, -0.1) is 0 Å². The lowest BCUT2D eigenvalue weighted by Crippen LogP contribution is -2.14. The number of nitrogens with zero attached hydrogens (tertiary/aromatic N) is 3. The first kappa shape index (κ1) is 18.1. The third kappa shape index (κ3) is 4.27. The van der Waals surface area contributed by atoms with Gasteiger partial charge in [-0.25, -0.2) is 4.98 Å². The third-order valence-corrected chi connectivity index (χ3v) is 3.78. The number of aryl methyl sites for hydroxylation is 1. The molecule has 3 rings (SSSR count). The van der Waals surface area contributed by atoms with Crippen molar-refractivity contribution in [1.82, 2.24) is 15.2 Å². The van der Waals surface area contributed by atoms with Gasteiger partial charge in [0.05, 0.1) is 16.8 Å². The van der Waals surface area contributed by atoms with Gasteiger partial charge in [0.1, 0.15) is 11.5 Å². The van der Waals surface area contributed by atoms with Crippen LogP contribution in [0.1, 0.15) is 29.5 Å². The number of pyridine rings is 1. The number of amides is 1. The lowest BCUT2D eigenvalue weighted by Gasteiger charge is -2.07. The number of aromatic amines is 1. The van der Waals surface area contributed by atoms with Crippen molar-refractivity contribution < 1.29 is 9.72 Å². The smallest absolute Gasteiger partial charge is 0.322 e. The van der Waals surface area contributed by atoms with E-state index < -0.39 is 10.8 Å². The van der Waals surface area contributed by atoms with Crippen LogP contribution in [0.15, 0.2) is 48.7 Å². The molecule has 1 amide bonds. The van der Waals surface area contributed by atoms with Gasteiger partial charge in [0.15, 0.2) is 0 Å². The Morgan fingerprint density at radius 2 is 1.96 bits per heavy atom. The van der Waals surface area contributed by atoms with Gasteiger partial charge in [-0.2, -0.15) is 5.10 Å². The van der Waals surface area contributed by atoms with E-state index in [1.54, 1.807) is 12.1 Å². The van der Waals surface area contributed by atoms with Crippen LogP contribution in [-0.4, -0.2) is 26.0 Å². The molecule has 0 saturated heterocycles. The fraction of sp³-hybridized carbons (Fsp3) is 0.167. The molecule has 0 spiro atoms. The number of rotatable bonds is 7. The molecule has 0 aliphatic carbocycles. The van der Waals surface area contributed by atoms with Crippen LogP contribution in [0.5, 0.6) is 0 Å².